The van der Waals surface area contributed by atoms with E-state index in [1.54, 1.807) is 0 Å². The van der Waals surface area contributed by atoms with Gasteiger partial charge in [-0.2, -0.15) is 0 Å². The van der Waals surface area contributed by atoms with Gasteiger partial charge in [0.2, 0.25) is 0 Å². The van der Waals surface area contributed by atoms with Crippen LogP contribution in [-0.4, -0.2) is 6.73 Å². The van der Waals surface area contributed by atoms with Gasteiger partial charge in [-0.25, -0.2) is 0 Å². The van der Waals surface area contributed by atoms with Crippen molar-refractivity contribution in [2.75, 3.05) is 6.73 Å². The van der Waals surface area contributed by atoms with Crippen LogP contribution in [0.1, 0.15) is 12.5 Å². The van der Waals surface area contributed by atoms with Gasteiger partial charge in [0.25, 0.3) is 0 Å². The molecule has 0 heterocycles. The molecule has 0 aliphatic rings. The molecule has 68 valence electrons. The largest absolute Gasteiger partial charge is 0.488 e. The number of aryl methyl sites for hydroxylation is 1. The fourth-order valence-electron chi connectivity index (χ4n) is 0.951. The Labute approximate surface area is 76.8 Å². The fraction of sp³-hybridized carbons (Fsp3) is 0.333. The molecule has 4 nitrogen and oxygen atoms in total. The molecule has 0 amide bonds. The molecule has 13 heavy (non-hydrogen) atoms. The number of nitrogens with zero attached hydrogens (tertiary/aromatic N) is 3. The third-order valence-electron chi connectivity index (χ3n) is 1.68. The van der Waals surface area contributed by atoms with E-state index < -0.39 is 0 Å². The van der Waals surface area contributed by atoms with Gasteiger partial charge in [0.1, 0.15) is 5.75 Å². The summed E-state index contributed by atoms with van der Waals surface area (Å²) in [6, 6.07) is 7.72. The van der Waals surface area contributed by atoms with Crippen molar-refractivity contribution in [3.05, 3.63) is 40.3 Å². The maximum absolute atomic E-state index is 8.00. The molecule has 0 bridgehead atoms. The molecule has 0 N–H and O–H groups in total. The first-order valence-electron chi connectivity index (χ1n) is 4.09. The molecular formula is C9H11N3O. The van der Waals surface area contributed by atoms with Crippen LogP contribution in [0.4, 0.5) is 0 Å². The van der Waals surface area contributed by atoms with E-state index in [-0.39, 0.29) is 6.73 Å². The normalized spacial score (nSPS) is 9.00. The van der Waals surface area contributed by atoms with Gasteiger partial charge >= 0.3 is 0 Å². The molecule has 4 heteroatoms. The van der Waals surface area contributed by atoms with Crippen molar-refractivity contribution < 1.29 is 4.74 Å². The van der Waals surface area contributed by atoms with Crippen LogP contribution in [0.2, 0.25) is 0 Å². The summed E-state index contributed by atoms with van der Waals surface area (Å²) in [5, 5.41) is 3.27. The minimum absolute atomic E-state index is 0.0436. The van der Waals surface area contributed by atoms with Crippen LogP contribution >= 0.6 is 0 Å². The van der Waals surface area contributed by atoms with Crippen molar-refractivity contribution in [2.45, 2.75) is 13.3 Å². The van der Waals surface area contributed by atoms with Crippen LogP contribution in [0.15, 0.2) is 29.4 Å². The third kappa shape index (κ3) is 3.05. The summed E-state index contributed by atoms with van der Waals surface area (Å²) in [6.07, 6.45) is 1.01. The summed E-state index contributed by atoms with van der Waals surface area (Å²) in [5.74, 6) is 0.726. The lowest BCUT2D eigenvalue weighted by Crippen LogP contribution is -1.92. The van der Waals surface area contributed by atoms with Gasteiger partial charge in [-0.15, -0.1) is 0 Å². The first-order valence-corrected chi connectivity index (χ1v) is 4.09. The van der Waals surface area contributed by atoms with Crippen molar-refractivity contribution in [3.63, 3.8) is 0 Å². The molecule has 1 aromatic rings. The zero-order valence-corrected chi connectivity index (χ0v) is 7.47. The standard InChI is InChI=1S/C9H11N3O/c1-2-8-3-5-9(6-4-8)13-7-11-12-10/h3-6H,2,7H2,1H3. The average Bonchev–Trinajstić information content (AvgIpc) is 2.19. The minimum Gasteiger partial charge on any atom is -0.488 e. The minimum atomic E-state index is 0.0436. The van der Waals surface area contributed by atoms with Gasteiger partial charge in [0.15, 0.2) is 6.73 Å². The number of rotatable bonds is 4. The van der Waals surface area contributed by atoms with E-state index in [0.717, 1.165) is 12.2 Å². The first kappa shape index (κ1) is 9.42. The van der Waals surface area contributed by atoms with Gasteiger partial charge in [0, 0.05) is 4.91 Å². The number of ether oxygens (including phenoxy) is 1. The van der Waals surface area contributed by atoms with Gasteiger partial charge < -0.3 is 4.74 Å². The maximum atomic E-state index is 8.00. The molecule has 0 spiro atoms. The highest BCUT2D eigenvalue weighted by Gasteiger charge is 1.91. The fourth-order valence-corrected chi connectivity index (χ4v) is 0.951. The Hall–Kier alpha value is -1.67. The summed E-state index contributed by atoms with van der Waals surface area (Å²) in [7, 11) is 0. The highest BCUT2D eigenvalue weighted by molar-refractivity contribution is 5.27. The van der Waals surface area contributed by atoms with E-state index in [2.05, 4.69) is 16.9 Å². The van der Waals surface area contributed by atoms with E-state index in [4.69, 9.17) is 10.3 Å². The molecule has 0 unspecified atom stereocenters. The van der Waals surface area contributed by atoms with Gasteiger partial charge in [-0.05, 0) is 29.6 Å². The molecule has 0 aliphatic carbocycles. The van der Waals surface area contributed by atoms with Crippen LogP contribution in [0.5, 0.6) is 5.75 Å². The Bertz CT molecular complexity index is 301. The zero-order valence-electron chi connectivity index (χ0n) is 7.47. The van der Waals surface area contributed by atoms with Gasteiger partial charge in [-0.3, -0.25) is 0 Å². The quantitative estimate of drug-likeness (QED) is 0.396. The SMILES string of the molecule is CCc1ccc(OCN=[N+]=[N-])cc1. The molecule has 1 aromatic carbocycles. The van der Waals surface area contributed by atoms with E-state index in [9.17, 15) is 0 Å². The van der Waals surface area contributed by atoms with Crippen LogP contribution in [0, 0.1) is 0 Å². The van der Waals surface area contributed by atoms with Crippen LogP contribution in [0.25, 0.3) is 10.4 Å². The smallest absolute Gasteiger partial charge is 0.167 e. The second-order valence-corrected chi connectivity index (χ2v) is 2.50. The highest BCUT2D eigenvalue weighted by atomic mass is 16.5. The number of hydrogen-bond acceptors (Lipinski definition) is 2. The molecule has 0 radical (unpaired) electrons. The van der Waals surface area contributed by atoms with Crippen molar-refractivity contribution in [3.8, 4) is 5.75 Å². The Morgan fingerprint density at radius 1 is 1.38 bits per heavy atom. The Morgan fingerprint density at radius 2 is 2.08 bits per heavy atom. The van der Waals surface area contributed by atoms with Crippen LogP contribution in [-0.2, 0) is 6.42 Å². The molecule has 0 atom stereocenters. The lowest BCUT2D eigenvalue weighted by atomic mass is 10.2. The first-order chi connectivity index (χ1) is 6.36. The van der Waals surface area contributed by atoms with E-state index in [0.29, 0.717) is 0 Å². The molecular weight excluding hydrogens is 166 g/mol. The second kappa shape index (κ2) is 5.06. The summed E-state index contributed by atoms with van der Waals surface area (Å²) in [4.78, 5) is 2.58. The third-order valence-corrected chi connectivity index (χ3v) is 1.68. The molecule has 0 saturated carbocycles. The maximum Gasteiger partial charge on any atom is 0.167 e. The molecule has 0 aromatic heterocycles. The Morgan fingerprint density at radius 3 is 2.62 bits per heavy atom. The van der Waals surface area contributed by atoms with Gasteiger partial charge in [-0.1, -0.05) is 24.2 Å². The van der Waals surface area contributed by atoms with Crippen LogP contribution in [0.3, 0.4) is 0 Å². The highest BCUT2D eigenvalue weighted by Crippen LogP contribution is 2.12. The molecule has 0 fully saturated rings. The number of benzene rings is 1. The molecule has 0 aliphatic heterocycles. The lowest BCUT2D eigenvalue weighted by molar-refractivity contribution is 0.329. The Kier molecular flexibility index (Phi) is 3.67. The second-order valence-electron chi connectivity index (χ2n) is 2.50. The average molecular weight is 177 g/mol. The van der Waals surface area contributed by atoms with Crippen molar-refractivity contribution in [2.24, 2.45) is 5.11 Å². The monoisotopic (exact) mass is 177 g/mol. The summed E-state index contributed by atoms with van der Waals surface area (Å²) in [6.45, 7) is 2.14. The summed E-state index contributed by atoms with van der Waals surface area (Å²) < 4.78 is 5.13. The van der Waals surface area contributed by atoms with E-state index >= 15 is 0 Å². The van der Waals surface area contributed by atoms with Crippen LogP contribution < -0.4 is 4.74 Å². The van der Waals surface area contributed by atoms with Crippen molar-refractivity contribution in [1.82, 2.24) is 0 Å². The topological polar surface area (TPSA) is 58.0 Å². The zero-order chi connectivity index (χ0) is 9.52. The summed E-state index contributed by atoms with van der Waals surface area (Å²) in [5.41, 5.74) is 9.27. The predicted molar refractivity (Wildman–Crippen MR) is 50.5 cm³/mol. The van der Waals surface area contributed by atoms with E-state index in [1.807, 2.05) is 24.3 Å². The molecule has 1 rings (SSSR count). The van der Waals surface area contributed by atoms with Crippen molar-refractivity contribution >= 4 is 0 Å². The molecule has 0 saturated heterocycles. The summed E-state index contributed by atoms with van der Waals surface area (Å²) >= 11 is 0. The predicted octanol–water partition coefficient (Wildman–Crippen LogP) is 2.90. The Balaban J connectivity index is 2.53. The number of hydrogen-bond donors (Lipinski definition) is 0. The van der Waals surface area contributed by atoms with Gasteiger partial charge in [0.05, 0.1) is 0 Å². The van der Waals surface area contributed by atoms with Crippen molar-refractivity contribution in [1.29, 1.82) is 0 Å². The lowest BCUT2D eigenvalue weighted by Gasteiger charge is -2.02. The van der Waals surface area contributed by atoms with E-state index in [1.165, 1.54) is 5.56 Å². The number of azide groups is 1.